The second kappa shape index (κ2) is 7.40. The minimum absolute atomic E-state index is 0.0123. The highest BCUT2D eigenvalue weighted by Gasteiger charge is 2.34. The van der Waals surface area contributed by atoms with Gasteiger partial charge in [0, 0.05) is 25.2 Å². The Morgan fingerprint density at radius 2 is 2.00 bits per heavy atom. The van der Waals surface area contributed by atoms with E-state index in [9.17, 15) is 9.59 Å². The highest BCUT2D eigenvalue weighted by molar-refractivity contribution is 6.00. The molecule has 0 bridgehead atoms. The third-order valence-corrected chi connectivity index (χ3v) is 3.92. The molecule has 1 fully saturated rings. The fourth-order valence-electron chi connectivity index (χ4n) is 2.61. The summed E-state index contributed by atoms with van der Waals surface area (Å²) in [4.78, 5) is 28.1. The molecule has 1 heterocycles. The van der Waals surface area contributed by atoms with Crippen LogP contribution in [0.4, 0.5) is 5.69 Å². The quantitative estimate of drug-likeness (QED) is 0.809. The molecule has 22 heavy (non-hydrogen) atoms. The summed E-state index contributed by atoms with van der Waals surface area (Å²) in [5.74, 6) is -0.229. The number of nitrogens with one attached hydrogen (secondary N) is 1. The van der Waals surface area contributed by atoms with Gasteiger partial charge in [-0.1, -0.05) is 17.7 Å². The first kappa shape index (κ1) is 16.5. The first-order chi connectivity index (χ1) is 10.5. The molecule has 5 heteroatoms. The average molecular weight is 303 g/mol. The fourth-order valence-corrected chi connectivity index (χ4v) is 2.61. The van der Waals surface area contributed by atoms with Gasteiger partial charge < -0.3 is 15.1 Å². The van der Waals surface area contributed by atoms with E-state index in [4.69, 9.17) is 0 Å². The molecule has 0 spiro atoms. The summed E-state index contributed by atoms with van der Waals surface area (Å²) >= 11 is 0. The second-order valence-electron chi connectivity index (χ2n) is 6.19. The van der Waals surface area contributed by atoms with E-state index in [0.717, 1.165) is 24.2 Å². The zero-order valence-corrected chi connectivity index (χ0v) is 13.6. The van der Waals surface area contributed by atoms with Crippen LogP contribution in [0.3, 0.4) is 0 Å². The largest absolute Gasteiger partial charge is 0.356 e. The molecule has 0 radical (unpaired) electrons. The lowest BCUT2D eigenvalue weighted by molar-refractivity contribution is -0.126. The van der Waals surface area contributed by atoms with Crippen molar-refractivity contribution >= 4 is 17.5 Å². The Morgan fingerprint density at radius 3 is 2.64 bits per heavy atom. The molecule has 1 aromatic rings. The summed E-state index contributed by atoms with van der Waals surface area (Å²) in [6.07, 6.45) is 1.22. The molecule has 2 rings (SSSR count). The van der Waals surface area contributed by atoms with Crippen molar-refractivity contribution in [2.24, 2.45) is 5.92 Å². The minimum atomic E-state index is -0.242. The number of amides is 2. The first-order valence-corrected chi connectivity index (χ1v) is 7.77. The molecule has 0 aliphatic carbocycles. The Morgan fingerprint density at radius 1 is 1.32 bits per heavy atom. The third-order valence-electron chi connectivity index (χ3n) is 3.92. The molecular formula is C17H25N3O2. The maximum atomic E-state index is 12.2. The lowest BCUT2D eigenvalue weighted by Crippen LogP contribution is -2.34. The molecule has 1 aliphatic rings. The smallest absolute Gasteiger partial charge is 0.227 e. The minimum Gasteiger partial charge on any atom is -0.356 e. The van der Waals surface area contributed by atoms with Crippen molar-refractivity contribution in [3.8, 4) is 0 Å². The molecule has 1 atom stereocenters. The highest BCUT2D eigenvalue weighted by Crippen LogP contribution is 2.25. The Kier molecular flexibility index (Phi) is 5.55. The molecule has 1 unspecified atom stereocenters. The van der Waals surface area contributed by atoms with Crippen molar-refractivity contribution in [2.75, 3.05) is 38.6 Å². The van der Waals surface area contributed by atoms with Crippen LogP contribution >= 0.6 is 0 Å². The maximum absolute atomic E-state index is 12.2. The number of aryl methyl sites for hydroxylation is 1. The van der Waals surface area contributed by atoms with Crippen LogP contribution in [-0.2, 0) is 9.59 Å². The predicted molar refractivity (Wildman–Crippen MR) is 87.8 cm³/mol. The molecule has 2 amide bonds. The van der Waals surface area contributed by atoms with Crippen LogP contribution in [0.1, 0.15) is 18.4 Å². The van der Waals surface area contributed by atoms with Crippen molar-refractivity contribution in [3.05, 3.63) is 29.8 Å². The van der Waals surface area contributed by atoms with Crippen molar-refractivity contribution in [2.45, 2.75) is 19.8 Å². The fraction of sp³-hybridized carbons (Fsp3) is 0.529. The summed E-state index contributed by atoms with van der Waals surface area (Å²) in [6, 6.07) is 7.84. The number of carbonyl (C=O) groups is 2. The summed E-state index contributed by atoms with van der Waals surface area (Å²) in [6.45, 7) is 4.09. The number of nitrogens with zero attached hydrogens (tertiary/aromatic N) is 2. The van der Waals surface area contributed by atoms with Gasteiger partial charge in [0.05, 0.1) is 5.92 Å². The van der Waals surface area contributed by atoms with E-state index < -0.39 is 0 Å². The zero-order chi connectivity index (χ0) is 16.1. The van der Waals surface area contributed by atoms with Crippen LogP contribution in [0.25, 0.3) is 0 Å². The molecular weight excluding hydrogens is 278 g/mol. The molecule has 1 aromatic carbocycles. The van der Waals surface area contributed by atoms with Gasteiger partial charge in [0.15, 0.2) is 0 Å². The number of hydrogen-bond acceptors (Lipinski definition) is 3. The Balaban J connectivity index is 1.86. The number of benzene rings is 1. The van der Waals surface area contributed by atoms with Gasteiger partial charge in [0.25, 0.3) is 0 Å². The summed E-state index contributed by atoms with van der Waals surface area (Å²) in [5.41, 5.74) is 2.03. The summed E-state index contributed by atoms with van der Waals surface area (Å²) < 4.78 is 0. The summed E-state index contributed by atoms with van der Waals surface area (Å²) in [7, 11) is 4.02. The Labute approximate surface area is 132 Å². The Bertz CT molecular complexity index is 525. The van der Waals surface area contributed by atoms with Crippen LogP contribution in [-0.4, -0.2) is 50.4 Å². The normalized spacial score (nSPS) is 18.1. The van der Waals surface area contributed by atoms with Crippen LogP contribution in [0, 0.1) is 12.8 Å². The van der Waals surface area contributed by atoms with E-state index in [-0.39, 0.29) is 17.7 Å². The monoisotopic (exact) mass is 303 g/mol. The number of anilines is 1. The van der Waals surface area contributed by atoms with Gasteiger partial charge in [0.1, 0.15) is 0 Å². The molecule has 1 aliphatic heterocycles. The topological polar surface area (TPSA) is 52.7 Å². The lowest BCUT2D eigenvalue weighted by Gasteiger charge is -2.17. The van der Waals surface area contributed by atoms with Gasteiger partial charge in [-0.15, -0.1) is 0 Å². The lowest BCUT2D eigenvalue weighted by atomic mass is 10.1. The SMILES string of the molecule is Cc1ccc(N2CC(C(=O)NCCCN(C)C)CC2=O)cc1. The number of hydrogen-bond donors (Lipinski definition) is 1. The molecule has 120 valence electrons. The second-order valence-corrected chi connectivity index (χ2v) is 6.19. The van der Waals surface area contributed by atoms with E-state index in [0.29, 0.717) is 19.5 Å². The van der Waals surface area contributed by atoms with E-state index >= 15 is 0 Å². The van der Waals surface area contributed by atoms with Gasteiger partial charge in [-0.05, 0) is 46.1 Å². The third kappa shape index (κ3) is 4.31. The maximum Gasteiger partial charge on any atom is 0.227 e. The van der Waals surface area contributed by atoms with Crippen molar-refractivity contribution in [1.29, 1.82) is 0 Å². The van der Waals surface area contributed by atoms with E-state index in [2.05, 4.69) is 10.2 Å². The van der Waals surface area contributed by atoms with Gasteiger partial charge in [-0.2, -0.15) is 0 Å². The van der Waals surface area contributed by atoms with E-state index in [1.807, 2.05) is 45.3 Å². The van der Waals surface area contributed by atoms with E-state index in [1.54, 1.807) is 4.90 Å². The van der Waals surface area contributed by atoms with Crippen molar-refractivity contribution in [1.82, 2.24) is 10.2 Å². The van der Waals surface area contributed by atoms with Gasteiger partial charge in [0.2, 0.25) is 11.8 Å². The highest BCUT2D eigenvalue weighted by atomic mass is 16.2. The number of carbonyl (C=O) groups excluding carboxylic acids is 2. The van der Waals surface area contributed by atoms with E-state index in [1.165, 1.54) is 0 Å². The van der Waals surface area contributed by atoms with Gasteiger partial charge >= 0.3 is 0 Å². The number of rotatable bonds is 6. The van der Waals surface area contributed by atoms with Gasteiger partial charge in [-0.25, -0.2) is 0 Å². The van der Waals surface area contributed by atoms with Crippen LogP contribution in [0.5, 0.6) is 0 Å². The molecule has 5 nitrogen and oxygen atoms in total. The van der Waals surface area contributed by atoms with Crippen LogP contribution in [0.2, 0.25) is 0 Å². The van der Waals surface area contributed by atoms with Crippen molar-refractivity contribution < 1.29 is 9.59 Å². The van der Waals surface area contributed by atoms with Crippen molar-refractivity contribution in [3.63, 3.8) is 0 Å². The molecule has 1 N–H and O–H groups in total. The van der Waals surface area contributed by atoms with Gasteiger partial charge in [-0.3, -0.25) is 9.59 Å². The standard InChI is InChI=1S/C17H25N3O2/c1-13-5-7-15(8-6-13)20-12-14(11-16(20)21)17(22)18-9-4-10-19(2)3/h5-8,14H,4,9-12H2,1-3H3,(H,18,22). The van der Waals surface area contributed by atoms with Crippen LogP contribution < -0.4 is 10.2 Å². The van der Waals surface area contributed by atoms with Crippen LogP contribution in [0.15, 0.2) is 24.3 Å². The molecule has 0 saturated carbocycles. The Hall–Kier alpha value is -1.88. The molecule has 0 aromatic heterocycles. The first-order valence-electron chi connectivity index (χ1n) is 7.77. The summed E-state index contributed by atoms with van der Waals surface area (Å²) in [5, 5.41) is 2.94. The predicted octanol–water partition coefficient (Wildman–Crippen LogP) is 1.42. The molecule has 1 saturated heterocycles. The average Bonchev–Trinajstić information content (AvgIpc) is 2.86. The zero-order valence-electron chi connectivity index (χ0n) is 13.6.